The second kappa shape index (κ2) is 8.13. The number of ether oxygens (including phenoxy) is 1. The normalized spacial score (nSPS) is 10.7. The molecule has 2 N–H and O–H groups in total. The van der Waals surface area contributed by atoms with Crippen LogP contribution in [-0.4, -0.2) is 23.5 Å². The number of aromatic nitrogens is 1. The van der Waals surface area contributed by atoms with Crippen molar-refractivity contribution in [3.05, 3.63) is 57.7 Å². The van der Waals surface area contributed by atoms with Gasteiger partial charge in [0.2, 0.25) is 5.91 Å². The van der Waals surface area contributed by atoms with Crippen LogP contribution in [0.2, 0.25) is 0 Å². The quantitative estimate of drug-likeness (QED) is 0.621. The number of carbonyl (C=O) groups excluding carboxylic acids is 2. The van der Waals surface area contributed by atoms with Crippen molar-refractivity contribution >= 4 is 34.5 Å². The summed E-state index contributed by atoms with van der Waals surface area (Å²) in [5.74, 6) is 0.122. The molecule has 0 saturated heterocycles. The number of aryl methyl sites for hydroxylation is 3. The Bertz CT molecular complexity index is 1080. The summed E-state index contributed by atoms with van der Waals surface area (Å²) in [6, 6.07) is 9.23. The van der Waals surface area contributed by atoms with Crippen LogP contribution in [0.25, 0.3) is 5.00 Å². The molecule has 7 heteroatoms. The van der Waals surface area contributed by atoms with Crippen molar-refractivity contribution in [2.24, 2.45) is 0 Å². The number of rotatable bonds is 5. The molecule has 29 heavy (non-hydrogen) atoms. The SMILES string of the molecule is COc1ccc(NC(C)=O)cc1NC(=O)c1c(-n2c(C)ccc2C)sc(C)c1C. The Morgan fingerprint density at radius 3 is 2.24 bits per heavy atom. The van der Waals surface area contributed by atoms with Crippen LogP contribution in [0.1, 0.15) is 39.1 Å². The molecule has 0 bridgehead atoms. The van der Waals surface area contributed by atoms with Crippen LogP contribution in [0, 0.1) is 27.7 Å². The van der Waals surface area contributed by atoms with Gasteiger partial charge in [-0.05, 0) is 63.6 Å². The number of benzene rings is 1. The van der Waals surface area contributed by atoms with Gasteiger partial charge >= 0.3 is 0 Å². The largest absolute Gasteiger partial charge is 0.495 e. The Morgan fingerprint density at radius 2 is 1.66 bits per heavy atom. The molecule has 0 fully saturated rings. The number of hydrogen-bond acceptors (Lipinski definition) is 4. The first-order valence-electron chi connectivity index (χ1n) is 9.25. The fourth-order valence-corrected chi connectivity index (χ4v) is 4.57. The average molecular weight is 412 g/mol. The summed E-state index contributed by atoms with van der Waals surface area (Å²) in [5, 5.41) is 6.59. The molecule has 152 valence electrons. The van der Waals surface area contributed by atoms with Crippen molar-refractivity contribution in [3.8, 4) is 10.8 Å². The zero-order valence-corrected chi connectivity index (χ0v) is 18.3. The van der Waals surface area contributed by atoms with Crippen LogP contribution in [-0.2, 0) is 4.79 Å². The molecule has 0 unspecified atom stereocenters. The van der Waals surface area contributed by atoms with Gasteiger partial charge in [0.05, 0.1) is 18.4 Å². The highest BCUT2D eigenvalue weighted by atomic mass is 32.1. The maximum absolute atomic E-state index is 13.3. The van der Waals surface area contributed by atoms with Crippen LogP contribution in [0.15, 0.2) is 30.3 Å². The maximum atomic E-state index is 13.3. The van der Waals surface area contributed by atoms with E-state index in [2.05, 4.69) is 15.2 Å². The summed E-state index contributed by atoms with van der Waals surface area (Å²) in [4.78, 5) is 25.8. The van der Waals surface area contributed by atoms with Gasteiger partial charge in [-0.1, -0.05) is 0 Å². The lowest BCUT2D eigenvalue weighted by Gasteiger charge is -2.14. The molecule has 0 aliphatic rings. The zero-order chi connectivity index (χ0) is 21.3. The molecule has 3 rings (SSSR count). The second-order valence-corrected chi connectivity index (χ2v) is 8.17. The van der Waals surface area contributed by atoms with Gasteiger partial charge in [0, 0.05) is 28.9 Å². The van der Waals surface area contributed by atoms with E-state index in [1.54, 1.807) is 36.6 Å². The van der Waals surface area contributed by atoms with E-state index in [-0.39, 0.29) is 11.8 Å². The first-order valence-corrected chi connectivity index (χ1v) is 10.1. The van der Waals surface area contributed by atoms with Crippen molar-refractivity contribution in [2.45, 2.75) is 34.6 Å². The summed E-state index contributed by atoms with van der Waals surface area (Å²) in [5.41, 5.74) is 4.82. The average Bonchev–Trinajstić information content (AvgIpc) is 3.13. The predicted octanol–water partition coefficient (Wildman–Crippen LogP) is 4.99. The number of nitrogens with zero attached hydrogens (tertiary/aromatic N) is 1. The van der Waals surface area contributed by atoms with E-state index in [9.17, 15) is 9.59 Å². The fourth-order valence-electron chi connectivity index (χ4n) is 3.29. The maximum Gasteiger partial charge on any atom is 0.259 e. The molecule has 2 aromatic heterocycles. The lowest BCUT2D eigenvalue weighted by atomic mass is 10.1. The Kier molecular flexibility index (Phi) is 5.79. The number of hydrogen-bond donors (Lipinski definition) is 2. The van der Waals surface area contributed by atoms with Crippen LogP contribution in [0.5, 0.6) is 5.75 Å². The van der Waals surface area contributed by atoms with Crippen molar-refractivity contribution in [1.82, 2.24) is 4.57 Å². The molecule has 0 spiro atoms. The molecule has 0 aliphatic heterocycles. The molecule has 1 aromatic carbocycles. The van der Waals surface area contributed by atoms with Gasteiger partial charge in [0.1, 0.15) is 10.8 Å². The summed E-state index contributed by atoms with van der Waals surface area (Å²) < 4.78 is 7.49. The second-order valence-electron chi connectivity index (χ2n) is 6.97. The van der Waals surface area contributed by atoms with Crippen molar-refractivity contribution in [3.63, 3.8) is 0 Å². The molecule has 0 radical (unpaired) electrons. The van der Waals surface area contributed by atoms with Gasteiger partial charge in [0.15, 0.2) is 0 Å². The van der Waals surface area contributed by atoms with Gasteiger partial charge in [-0.25, -0.2) is 0 Å². The molecule has 0 aliphatic carbocycles. The van der Waals surface area contributed by atoms with E-state index in [0.717, 1.165) is 26.8 Å². The third-order valence-electron chi connectivity index (χ3n) is 4.84. The number of methoxy groups -OCH3 is 1. The summed E-state index contributed by atoms with van der Waals surface area (Å²) in [7, 11) is 1.54. The third-order valence-corrected chi connectivity index (χ3v) is 6.03. The van der Waals surface area contributed by atoms with Crippen molar-refractivity contribution in [2.75, 3.05) is 17.7 Å². The van der Waals surface area contributed by atoms with Gasteiger partial charge in [-0.15, -0.1) is 11.3 Å². The fraction of sp³-hybridized carbons (Fsp3) is 0.273. The number of thiophene rings is 1. The van der Waals surface area contributed by atoms with Crippen LogP contribution < -0.4 is 15.4 Å². The van der Waals surface area contributed by atoms with Gasteiger partial charge in [-0.2, -0.15) is 0 Å². The molecular formula is C22H25N3O3S. The monoisotopic (exact) mass is 411 g/mol. The van der Waals surface area contributed by atoms with Crippen LogP contribution in [0.3, 0.4) is 0 Å². The first-order chi connectivity index (χ1) is 13.7. The predicted molar refractivity (Wildman–Crippen MR) is 118 cm³/mol. The minimum absolute atomic E-state index is 0.183. The third kappa shape index (κ3) is 4.05. The number of nitrogens with one attached hydrogen (secondary N) is 2. The lowest BCUT2D eigenvalue weighted by Crippen LogP contribution is -2.16. The van der Waals surface area contributed by atoms with Gasteiger partial charge in [0.25, 0.3) is 5.91 Å². The van der Waals surface area contributed by atoms with Crippen molar-refractivity contribution in [1.29, 1.82) is 0 Å². The van der Waals surface area contributed by atoms with Crippen molar-refractivity contribution < 1.29 is 14.3 Å². The standard InChI is InChI=1S/C22H25N3O3S/c1-12-7-8-13(2)25(12)22-20(14(3)15(4)29-22)21(27)24-18-11-17(23-16(5)26)9-10-19(18)28-6/h7-11H,1-6H3,(H,23,26)(H,24,27). The Labute approximate surface area is 174 Å². The lowest BCUT2D eigenvalue weighted by molar-refractivity contribution is -0.114. The highest BCUT2D eigenvalue weighted by molar-refractivity contribution is 7.15. The molecule has 0 atom stereocenters. The van der Waals surface area contributed by atoms with E-state index in [4.69, 9.17) is 4.74 Å². The summed E-state index contributed by atoms with van der Waals surface area (Å²) in [6.07, 6.45) is 0. The van der Waals surface area contributed by atoms with E-state index in [1.807, 2.05) is 39.8 Å². The van der Waals surface area contributed by atoms with E-state index < -0.39 is 0 Å². The number of anilines is 2. The molecule has 2 heterocycles. The van der Waals surface area contributed by atoms with Gasteiger partial charge < -0.3 is 19.9 Å². The van der Waals surface area contributed by atoms with Crippen LogP contribution >= 0.6 is 11.3 Å². The highest BCUT2D eigenvalue weighted by Crippen LogP contribution is 2.35. The minimum Gasteiger partial charge on any atom is -0.495 e. The van der Waals surface area contributed by atoms with Crippen LogP contribution in [0.4, 0.5) is 11.4 Å². The number of amides is 2. The summed E-state index contributed by atoms with van der Waals surface area (Å²) >= 11 is 1.60. The van der Waals surface area contributed by atoms with Gasteiger partial charge in [-0.3, -0.25) is 9.59 Å². The van der Waals surface area contributed by atoms with E-state index in [0.29, 0.717) is 22.7 Å². The molecule has 2 amide bonds. The molecule has 6 nitrogen and oxygen atoms in total. The van der Waals surface area contributed by atoms with E-state index >= 15 is 0 Å². The Morgan fingerprint density at radius 1 is 1.00 bits per heavy atom. The molecule has 3 aromatic rings. The number of carbonyl (C=O) groups is 2. The Hall–Kier alpha value is -3.06. The highest BCUT2D eigenvalue weighted by Gasteiger charge is 2.23. The smallest absolute Gasteiger partial charge is 0.259 e. The van der Waals surface area contributed by atoms with E-state index in [1.165, 1.54) is 6.92 Å². The minimum atomic E-state index is -0.215. The molecule has 0 saturated carbocycles. The first kappa shape index (κ1) is 20.7. The Balaban J connectivity index is 2.04. The topological polar surface area (TPSA) is 72.4 Å². The zero-order valence-electron chi connectivity index (χ0n) is 17.5. The summed E-state index contributed by atoms with van der Waals surface area (Å²) in [6.45, 7) is 9.47. The molecular weight excluding hydrogens is 386 g/mol.